The van der Waals surface area contributed by atoms with E-state index in [9.17, 15) is 0 Å². The van der Waals surface area contributed by atoms with Crippen molar-refractivity contribution in [1.29, 1.82) is 0 Å². The summed E-state index contributed by atoms with van der Waals surface area (Å²) in [5.74, 6) is 0.981. The Balaban J connectivity index is 1.82. The topological polar surface area (TPSA) is 21.3 Å². The number of ether oxygens (including phenoxy) is 1. The largest absolute Gasteiger partial charge is 0.494 e. The van der Waals surface area contributed by atoms with Gasteiger partial charge in [-0.15, -0.1) is 0 Å². The van der Waals surface area contributed by atoms with E-state index in [1.165, 1.54) is 31.2 Å². The van der Waals surface area contributed by atoms with Crippen molar-refractivity contribution >= 4 is 0 Å². The number of hydrogen-bond donors (Lipinski definition) is 1. The molecule has 18 heavy (non-hydrogen) atoms. The number of benzene rings is 1. The predicted octanol–water partition coefficient (Wildman–Crippen LogP) is 3.90. The van der Waals surface area contributed by atoms with Gasteiger partial charge in [-0.05, 0) is 49.8 Å². The maximum absolute atomic E-state index is 5.59. The third-order valence-electron chi connectivity index (χ3n) is 4.05. The molecule has 1 aliphatic rings. The van der Waals surface area contributed by atoms with E-state index in [0.717, 1.165) is 25.3 Å². The SMILES string of the molecule is CCCOc1ccc(CNC2(CC)CCC2)cc1. The number of hydrogen-bond acceptors (Lipinski definition) is 2. The van der Waals surface area contributed by atoms with Crippen LogP contribution in [0.1, 0.15) is 51.5 Å². The molecule has 1 fully saturated rings. The van der Waals surface area contributed by atoms with Crippen LogP contribution in [0.15, 0.2) is 24.3 Å². The summed E-state index contributed by atoms with van der Waals surface area (Å²) >= 11 is 0. The molecule has 0 heterocycles. The Kier molecular flexibility index (Phi) is 4.65. The van der Waals surface area contributed by atoms with Gasteiger partial charge in [-0.25, -0.2) is 0 Å². The second-order valence-electron chi connectivity index (χ2n) is 5.33. The lowest BCUT2D eigenvalue weighted by Crippen LogP contribution is -2.49. The highest BCUT2D eigenvalue weighted by molar-refractivity contribution is 5.27. The first kappa shape index (κ1) is 13.4. The monoisotopic (exact) mass is 247 g/mol. The van der Waals surface area contributed by atoms with Gasteiger partial charge in [0.25, 0.3) is 0 Å². The zero-order chi connectivity index (χ0) is 12.8. The van der Waals surface area contributed by atoms with Gasteiger partial charge in [0.2, 0.25) is 0 Å². The van der Waals surface area contributed by atoms with Gasteiger partial charge >= 0.3 is 0 Å². The van der Waals surface area contributed by atoms with E-state index in [0.29, 0.717) is 5.54 Å². The van der Waals surface area contributed by atoms with Crippen LogP contribution in [-0.2, 0) is 6.54 Å². The average Bonchev–Trinajstić information content (AvgIpc) is 2.37. The number of nitrogens with one attached hydrogen (secondary N) is 1. The van der Waals surface area contributed by atoms with E-state index in [-0.39, 0.29) is 0 Å². The van der Waals surface area contributed by atoms with Gasteiger partial charge in [-0.1, -0.05) is 26.0 Å². The van der Waals surface area contributed by atoms with Crippen LogP contribution < -0.4 is 10.1 Å². The van der Waals surface area contributed by atoms with Crippen molar-refractivity contribution in [3.05, 3.63) is 29.8 Å². The molecule has 1 aromatic rings. The van der Waals surface area contributed by atoms with Gasteiger partial charge in [0.15, 0.2) is 0 Å². The van der Waals surface area contributed by atoms with Crippen LogP contribution in [0.4, 0.5) is 0 Å². The summed E-state index contributed by atoms with van der Waals surface area (Å²) in [6.45, 7) is 6.19. The molecule has 0 unspecified atom stereocenters. The molecular weight excluding hydrogens is 222 g/mol. The molecule has 0 amide bonds. The summed E-state index contributed by atoms with van der Waals surface area (Å²) in [6.07, 6.45) is 6.35. The van der Waals surface area contributed by atoms with E-state index in [1.54, 1.807) is 0 Å². The van der Waals surface area contributed by atoms with Crippen LogP contribution in [0.5, 0.6) is 5.75 Å². The zero-order valence-electron chi connectivity index (χ0n) is 11.7. The maximum atomic E-state index is 5.59. The standard InChI is InChI=1S/C16H25NO/c1-3-12-18-15-8-6-14(7-9-15)13-17-16(4-2)10-5-11-16/h6-9,17H,3-5,10-13H2,1-2H3. The molecule has 2 nitrogen and oxygen atoms in total. The molecule has 0 aliphatic heterocycles. The van der Waals surface area contributed by atoms with Crippen molar-refractivity contribution in [2.45, 2.75) is 58.0 Å². The lowest BCUT2D eigenvalue weighted by Gasteiger charge is -2.42. The van der Waals surface area contributed by atoms with E-state index < -0.39 is 0 Å². The summed E-state index contributed by atoms with van der Waals surface area (Å²) in [5.41, 5.74) is 1.77. The minimum Gasteiger partial charge on any atom is -0.494 e. The summed E-state index contributed by atoms with van der Waals surface area (Å²) in [6, 6.07) is 8.48. The molecule has 0 atom stereocenters. The fraction of sp³-hybridized carbons (Fsp3) is 0.625. The second-order valence-corrected chi connectivity index (χ2v) is 5.33. The van der Waals surface area contributed by atoms with Gasteiger partial charge in [0.1, 0.15) is 5.75 Å². The van der Waals surface area contributed by atoms with Gasteiger partial charge in [0, 0.05) is 12.1 Å². The van der Waals surface area contributed by atoms with Crippen molar-refractivity contribution in [3.63, 3.8) is 0 Å². The van der Waals surface area contributed by atoms with Crippen LogP contribution in [0.3, 0.4) is 0 Å². The Labute approximate surface area is 111 Å². The van der Waals surface area contributed by atoms with Crippen molar-refractivity contribution in [3.8, 4) is 5.75 Å². The van der Waals surface area contributed by atoms with E-state index in [1.807, 2.05) is 0 Å². The number of rotatable bonds is 7. The summed E-state index contributed by atoms with van der Waals surface area (Å²) in [4.78, 5) is 0. The second kappa shape index (κ2) is 6.24. The molecule has 1 saturated carbocycles. The minimum absolute atomic E-state index is 0.428. The Morgan fingerprint density at radius 3 is 2.39 bits per heavy atom. The van der Waals surface area contributed by atoms with E-state index in [2.05, 4.69) is 43.4 Å². The smallest absolute Gasteiger partial charge is 0.119 e. The predicted molar refractivity (Wildman–Crippen MR) is 75.9 cm³/mol. The highest BCUT2D eigenvalue weighted by Gasteiger charge is 2.33. The maximum Gasteiger partial charge on any atom is 0.119 e. The van der Waals surface area contributed by atoms with Gasteiger partial charge < -0.3 is 10.1 Å². The summed E-state index contributed by atoms with van der Waals surface area (Å²) in [7, 11) is 0. The van der Waals surface area contributed by atoms with E-state index >= 15 is 0 Å². The molecule has 0 spiro atoms. The summed E-state index contributed by atoms with van der Waals surface area (Å²) in [5, 5.41) is 3.72. The first-order valence-corrected chi connectivity index (χ1v) is 7.25. The molecule has 100 valence electrons. The fourth-order valence-electron chi connectivity index (χ4n) is 2.47. The third-order valence-corrected chi connectivity index (χ3v) is 4.05. The lowest BCUT2D eigenvalue weighted by atomic mass is 9.75. The normalized spacial score (nSPS) is 17.2. The van der Waals surface area contributed by atoms with Crippen LogP contribution in [0.25, 0.3) is 0 Å². The zero-order valence-corrected chi connectivity index (χ0v) is 11.7. The fourth-order valence-corrected chi connectivity index (χ4v) is 2.47. The average molecular weight is 247 g/mol. The summed E-state index contributed by atoms with van der Waals surface area (Å²) < 4.78 is 5.59. The highest BCUT2D eigenvalue weighted by atomic mass is 16.5. The first-order valence-electron chi connectivity index (χ1n) is 7.25. The Morgan fingerprint density at radius 1 is 1.17 bits per heavy atom. The molecule has 2 heteroatoms. The van der Waals surface area contributed by atoms with Crippen LogP contribution >= 0.6 is 0 Å². The van der Waals surface area contributed by atoms with Gasteiger partial charge in [-0.2, -0.15) is 0 Å². The van der Waals surface area contributed by atoms with Gasteiger partial charge in [0.05, 0.1) is 6.61 Å². The van der Waals surface area contributed by atoms with Crippen molar-refractivity contribution in [2.24, 2.45) is 0 Å². The first-order chi connectivity index (χ1) is 8.78. The highest BCUT2D eigenvalue weighted by Crippen LogP contribution is 2.34. The minimum atomic E-state index is 0.428. The quantitative estimate of drug-likeness (QED) is 0.789. The van der Waals surface area contributed by atoms with Crippen LogP contribution in [0.2, 0.25) is 0 Å². The van der Waals surface area contributed by atoms with Crippen LogP contribution in [-0.4, -0.2) is 12.1 Å². The molecule has 0 bridgehead atoms. The molecule has 1 aliphatic carbocycles. The Bertz CT molecular complexity index is 348. The molecule has 0 saturated heterocycles. The van der Waals surface area contributed by atoms with Crippen molar-refractivity contribution in [2.75, 3.05) is 6.61 Å². The third kappa shape index (κ3) is 3.26. The Hall–Kier alpha value is -1.02. The lowest BCUT2D eigenvalue weighted by molar-refractivity contribution is 0.175. The van der Waals surface area contributed by atoms with Gasteiger partial charge in [-0.3, -0.25) is 0 Å². The molecule has 1 N–H and O–H groups in total. The van der Waals surface area contributed by atoms with Crippen LogP contribution in [0, 0.1) is 0 Å². The van der Waals surface area contributed by atoms with Crippen molar-refractivity contribution in [1.82, 2.24) is 5.32 Å². The van der Waals surface area contributed by atoms with E-state index in [4.69, 9.17) is 4.74 Å². The molecule has 1 aromatic carbocycles. The molecule has 0 radical (unpaired) electrons. The molecule has 0 aromatic heterocycles. The Morgan fingerprint density at radius 2 is 1.89 bits per heavy atom. The molecule has 2 rings (SSSR count). The molecular formula is C16H25NO. The van der Waals surface area contributed by atoms with Crippen molar-refractivity contribution < 1.29 is 4.74 Å².